The summed E-state index contributed by atoms with van der Waals surface area (Å²) in [6, 6.07) is 44.2. The van der Waals surface area contributed by atoms with Crippen LogP contribution in [-0.2, 0) is 10.8 Å². The molecule has 11 rings (SSSR count). The summed E-state index contributed by atoms with van der Waals surface area (Å²) >= 11 is 0. The molecule has 0 bridgehead atoms. The van der Waals surface area contributed by atoms with Crippen LogP contribution in [0.4, 0.5) is 0 Å². The average molecular weight is 769 g/mol. The fraction of sp³-hybridized carbons (Fsp3) is 0.154. The third-order valence-electron chi connectivity index (χ3n) is 12.9. The zero-order chi connectivity index (χ0) is 40.9. The molecule has 0 spiro atoms. The lowest BCUT2D eigenvalue weighted by Gasteiger charge is -2.34. The van der Waals surface area contributed by atoms with E-state index in [4.69, 9.17) is 0 Å². The first kappa shape index (κ1) is 35.3. The fourth-order valence-electron chi connectivity index (χ4n) is 10.0. The highest BCUT2D eigenvalue weighted by atomic mass is 16.4. The monoisotopic (exact) mass is 768 g/mol. The second-order valence-electron chi connectivity index (χ2n) is 18.4. The van der Waals surface area contributed by atoms with Crippen molar-refractivity contribution in [3.8, 4) is 33.6 Å². The van der Waals surface area contributed by atoms with E-state index in [0.29, 0.717) is 0 Å². The minimum atomic E-state index is -0.941. The number of nitrogens with zero attached hydrogens (tertiary/aromatic N) is 2. The van der Waals surface area contributed by atoms with Crippen molar-refractivity contribution in [2.75, 3.05) is 0 Å². The summed E-state index contributed by atoms with van der Waals surface area (Å²) in [5, 5.41) is 24.1. The van der Waals surface area contributed by atoms with Gasteiger partial charge < -0.3 is 19.3 Å². The molecule has 59 heavy (non-hydrogen) atoms. The molecule has 2 aromatic heterocycles. The maximum atomic E-state index is 11.9. The van der Waals surface area contributed by atoms with Gasteiger partial charge in [0, 0.05) is 44.0 Å². The minimum absolute atomic E-state index is 0.0705. The van der Waals surface area contributed by atoms with E-state index in [1.54, 1.807) is 24.3 Å². The van der Waals surface area contributed by atoms with Gasteiger partial charge in [0.05, 0.1) is 22.2 Å². The zero-order valence-corrected chi connectivity index (χ0v) is 33.8. The molecule has 0 aliphatic carbocycles. The zero-order valence-electron chi connectivity index (χ0n) is 33.8. The Morgan fingerprint density at radius 1 is 0.508 bits per heavy atom. The summed E-state index contributed by atoms with van der Waals surface area (Å²) in [6.07, 6.45) is 0. The SMILES string of the molecule is CC(C)(C)c1ccc2c(c1)c1c(-c3ccc(C(=O)O)cc3)ccc3c1n2-c1cccc2c1B3c1ccc(-c3ccc(C(=O)O)cc3)c3c4cc(C(C)(C)C)ccc4n-2c13. The quantitative estimate of drug-likeness (QED) is 0.175. The van der Waals surface area contributed by atoms with Crippen molar-refractivity contribution in [2.45, 2.75) is 52.4 Å². The lowest BCUT2D eigenvalue weighted by atomic mass is 9.34. The third-order valence-corrected chi connectivity index (χ3v) is 12.9. The van der Waals surface area contributed by atoms with Crippen LogP contribution in [0.2, 0.25) is 0 Å². The lowest BCUT2D eigenvalue weighted by molar-refractivity contribution is 0.0686. The summed E-state index contributed by atoms with van der Waals surface area (Å²) in [5.41, 5.74) is 17.6. The van der Waals surface area contributed by atoms with Crippen molar-refractivity contribution in [2.24, 2.45) is 0 Å². The van der Waals surface area contributed by atoms with E-state index in [9.17, 15) is 19.8 Å². The predicted octanol–water partition coefficient (Wildman–Crippen LogP) is 10.3. The first-order chi connectivity index (χ1) is 28.2. The summed E-state index contributed by atoms with van der Waals surface area (Å²) in [7, 11) is 0. The molecular formula is C52H41BN2O4. The van der Waals surface area contributed by atoms with Gasteiger partial charge in [0.1, 0.15) is 0 Å². The highest BCUT2D eigenvalue weighted by Crippen LogP contribution is 2.45. The number of carboxylic acids is 2. The average Bonchev–Trinajstić information content (AvgIpc) is 3.75. The number of carboxylic acid groups (broad SMARTS) is 2. The summed E-state index contributed by atoms with van der Waals surface area (Å²) in [5.74, 6) is -1.88. The van der Waals surface area contributed by atoms with E-state index < -0.39 is 11.9 Å². The molecule has 9 aromatic rings. The van der Waals surface area contributed by atoms with Crippen LogP contribution >= 0.6 is 0 Å². The van der Waals surface area contributed by atoms with Crippen molar-refractivity contribution in [3.63, 3.8) is 0 Å². The van der Waals surface area contributed by atoms with Gasteiger partial charge >= 0.3 is 11.9 Å². The molecule has 7 aromatic carbocycles. The molecule has 2 aliphatic heterocycles. The second kappa shape index (κ2) is 11.9. The molecule has 0 saturated heterocycles. The smallest absolute Gasteiger partial charge is 0.335 e. The van der Waals surface area contributed by atoms with Gasteiger partial charge in [0.25, 0.3) is 6.71 Å². The Labute approximate surface area is 342 Å². The van der Waals surface area contributed by atoms with Crippen LogP contribution in [0.3, 0.4) is 0 Å². The van der Waals surface area contributed by atoms with Crippen LogP contribution in [0.5, 0.6) is 0 Å². The van der Waals surface area contributed by atoms with Crippen LogP contribution in [0.1, 0.15) is 73.4 Å². The highest BCUT2D eigenvalue weighted by Gasteiger charge is 2.41. The fourth-order valence-corrected chi connectivity index (χ4v) is 10.0. The van der Waals surface area contributed by atoms with Crippen molar-refractivity contribution in [3.05, 3.63) is 150 Å². The highest BCUT2D eigenvalue weighted by molar-refractivity contribution is 7.00. The summed E-state index contributed by atoms with van der Waals surface area (Å²) in [6.45, 7) is 13.4. The van der Waals surface area contributed by atoms with Crippen molar-refractivity contribution < 1.29 is 19.8 Å². The standard InChI is InChI=1S/C52H41BN2O4/c1-51(2,3)32-18-24-40-36(26-32)44-34(28-10-14-30(15-11-28)49(56)57)20-22-38-47(44)54(40)42-8-7-9-43-46(42)53(38)39-23-21-35(29-12-16-31(17-13-29)50(58)59)45-37-27-33(52(4,5)6)19-25-41(37)55(43)48(39)45/h7-27H,1-6H3,(H,56,57)(H,58,59). The van der Waals surface area contributed by atoms with Gasteiger partial charge in [-0.25, -0.2) is 9.59 Å². The largest absolute Gasteiger partial charge is 0.478 e. The topological polar surface area (TPSA) is 84.5 Å². The Kier molecular flexibility index (Phi) is 7.10. The van der Waals surface area contributed by atoms with Crippen LogP contribution < -0.4 is 16.4 Å². The first-order valence-electron chi connectivity index (χ1n) is 20.2. The predicted molar refractivity (Wildman–Crippen MR) is 242 cm³/mol. The maximum absolute atomic E-state index is 11.9. The second-order valence-corrected chi connectivity index (χ2v) is 18.4. The Morgan fingerprint density at radius 2 is 0.915 bits per heavy atom. The molecule has 0 fully saturated rings. The van der Waals surface area contributed by atoms with Gasteiger partial charge in [-0.05, 0) is 121 Å². The van der Waals surface area contributed by atoms with E-state index in [1.165, 1.54) is 49.3 Å². The van der Waals surface area contributed by atoms with Gasteiger partial charge in [0.2, 0.25) is 0 Å². The van der Waals surface area contributed by atoms with Gasteiger partial charge in [-0.1, -0.05) is 108 Å². The van der Waals surface area contributed by atoms with Crippen molar-refractivity contribution in [1.82, 2.24) is 9.13 Å². The number of carbonyl (C=O) groups is 2. The van der Waals surface area contributed by atoms with Crippen LogP contribution in [0.15, 0.2) is 127 Å². The molecule has 286 valence electrons. The number of aromatic carboxylic acids is 2. The van der Waals surface area contributed by atoms with Gasteiger partial charge in [-0.15, -0.1) is 0 Å². The molecule has 0 atom stereocenters. The van der Waals surface area contributed by atoms with Crippen LogP contribution in [0, 0.1) is 0 Å². The Balaban J connectivity index is 1.27. The molecule has 4 heterocycles. The molecule has 7 heteroatoms. The number of benzene rings is 7. The molecule has 2 aliphatic rings. The van der Waals surface area contributed by atoms with Gasteiger partial charge in [-0.2, -0.15) is 0 Å². The van der Waals surface area contributed by atoms with E-state index >= 15 is 0 Å². The summed E-state index contributed by atoms with van der Waals surface area (Å²) in [4.78, 5) is 23.8. The van der Waals surface area contributed by atoms with Crippen LogP contribution in [-0.4, -0.2) is 38.0 Å². The molecule has 0 amide bonds. The van der Waals surface area contributed by atoms with Gasteiger partial charge in [0.15, 0.2) is 0 Å². The molecule has 0 unspecified atom stereocenters. The Hall–Kier alpha value is -6.86. The number of aromatic nitrogens is 2. The Morgan fingerprint density at radius 3 is 1.29 bits per heavy atom. The molecule has 0 radical (unpaired) electrons. The summed E-state index contributed by atoms with van der Waals surface area (Å²) < 4.78 is 4.95. The molecule has 6 nitrogen and oxygen atoms in total. The van der Waals surface area contributed by atoms with Crippen molar-refractivity contribution in [1.29, 1.82) is 0 Å². The van der Waals surface area contributed by atoms with Crippen molar-refractivity contribution >= 4 is 78.7 Å². The normalized spacial score (nSPS) is 13.2. The van der Waals surface area contributed by atoms with E-state index in [-0.39, 0.29) is 28.7 Å². The van der Waals surface area contributed by atoms with Gasteiger partial charge in [-0.3, -0.25) is 0 Å². The maximum Gasteiger partial charge on any atom is 0.335 e. The third kappa shape index (κ3) is 4.88. The Bertz CT molecular complexity index is 3120. The molecule has 0 saturated carbocycles. The molecule has 2 N–H and O–H groups in total. The number of rotatable bonds is 4. The lowest BCUT2D eigenvalue weighted by Crippen LogP contribution is -2.59. The number of hydrogen-bond donors (Lipinski definition) is 2. The first-order valence-corrected chi connectivity index (χ1v) is 20.2. The minimum Gasteiger partial charge on any atom is -0.478 e. The number of hydrogen-bond acceptors (Lipinski definition) is 2. The van der Waals surface area contributed by atoms with Crippen LogP contribution in [0.25, 0.3) is 77.2 Å². The molecular weight excluding hydrogens is 727 g/mol. The van der Waals surface area contributed by atoms with E-state index in [1.807, 2.05) is 24.3 Å². The van der Waals surface area contributed by atoms with E-state index in [2.05, 4.69) is 130 Å². The number of fused-ring (bicyclic) bond motifs is 10. The van der Waals surface area contributed by atoms with E-state index in [0.717, 1.165) is 55.4 Å².